The first-order valence-corrected chi connectivity index (χ1v) is 12.8. The van der Waals surface area contributed by atoms with E-state index in [1.54, 1.807) is 7.11 Å². The second-order valence-electron chi connectivity index (χ2n) is 9.17. The van der Waals surface area contributed by atoms with Gasteiger partial charge in [0.05, 0.1) is 18.1 Å². The number of ether oxygens (including phenoxy) is 2. The number of benzene rings is 4. The van der Waals surface area contributed by atoms with Crippen LogP contribution in [0.4, 0.5) is 0 Å². The maximum atomic E-state index is 12.9. The minimum absolute atomic E-state index is 0.109. The average molecular weight is 506 g/mol. The number of nitrogens with zero attached hydrogens (tertiary/aromatic N) is 2. The molecule has 192 valence electrons. The van der Waals surface area contributed by atoms with Gasteiger partial charge in [-0.3, -0.25) is 4.79 Å². The predicted molar refractivity (Wildman–Crippen MR) is 150 cm³/mol. The predicted octanol–water partition coefficient (Wildman–Crippen LogP) is 6.21. The summed E-state index contributed by atoms with van der Waals surface area (Å²) in [6.45, 7) is 3.18. The second-order valence-corrected chi connectivity index (χ2v) is 9.17. The van der Waals surface area contributed by atoms with Gasteiger partial charge in [-0.2, -0.15) is 0 Å². The molecule has 0 saturated heterocycles. The number of methoxy groups -OCH3 is 1. The van der Waals surface area contributed by atoms with E-state index >= 15 is 0 Å². The van der Waals surface area contributed by atoms with Crippen molar-refractivity contribution in [3.8, 4) is 11.5 Å². The van der Waals surface area contributed by atoms with Crippen LogP contribution in [0.25, 0.3) is 11.0 Å². The maximum Gasteiger partial charge on any atom is 0.251 e. The van der Waals surface area contributed by atoms with E-state index in [1.807, 2.05) is 97.9 Å². The van der Waals surface area contributed by atoms with Crippen molar-refractivity contribution in [3.05, 3.63) is 126 Å². The molecule has 0 aliphatic heterocycles. The van der Waals surface area contributed by atoms with Gasteiger partial charge in [-0.05, 0) is 66.9 Å². The van der Waals surface area contributed by atoms with E-state index in [0.29, 0.717) is 18.7 Å². The monoisotopic (exact) mass is 505 g/mol. The van der Waals surface area contributed by atoms with Gasteiger partial charge in [-0.25, -0.2) is 4.98 Å². The Morgan fingerprint density at radius 2 is 1.58 bits per heavy atom. The fourth-order valence-corrected chi connectivity index (χ4v) is 4.50. The number of fused-ring (bicyclic) bond motifs is 1. The molecule has 6 heteroatoms. The number of amides is 1. The zero-order valence-corrected chi connectivity index (χ0v) is 21.6. The van der Waals surface area contributed by atoms with Crippen molar-refractivity contribution >= 4 is 16.9 Å². The van der Waals surface area contributed by atoms with Crippen LogP contribution in [0.15, 0.2) is 103 Å². The van der Waals surface area contributed by atoms with Crippen LogP contribution in [0.5, 0.6) is 11.5 Å². The molecule has 0 aliphatic rings. The van der Waals surface area contributed by atoms with Gasteiger partial charge in [0.15, 0.2) is 11.9 Å². The summed E-state index contributed by atoms with van der Waals surface area (Å²) in [5, 5.41) is 3.03. The van der Waals surface area contributed by atoms with Crippen molar-refractivity contribution in [2.24, 2.45) is 0 Å². The number of carbonyl (C=O) groups excluding carboxylic acids is 1. The quantitative estimate of drug-likeness (QED) is 0.245. The molecule has 6 nitrogen and oxygen atoms in total. The minimum Gasteiger partial charge on any atom is -0.497 e. The number of para-hydroxylation sites is 1. The highest BCUT2D eigenvalue weighted by atomic mass is 16.5. The standard InChI is InChI=1S/C32H31N3O3/c1-23(38-28-11-7-4-8-12-28)31-34-29-21-26(32(36)33-20-19-24-9-5-3-6-10-24)15-18-30(29)35(31)22-25-13-16-27(37-2)17-14-25/h3-18,21,23H,19-20,22H2,1-2H3,(H,33,36). The number of aromatic nitrogens is 2. The molecule has 38 heavy (non-hydrogen) atoms. The number of hydrogen-bond acceptors (Lipinski definition) is 4. The summed E-state index contributed by atoms with van der Waals surface area (Å²) in [4.78, 5) is 17.9. The molecule has 5 rings (SSSR count). The molecule has 1 amide bonds. The van der Waals surface area contributed by atoms with E-state index < -0.39 is 0 Å². The topological polar surface area (TPSA) is 65.4 Å². The molecule has 1 heterocycles. The third-order valence-electron chi connectivity index (χ3n) is 6.50. The van der Waals surface area contributed by atoms with E-state index in [9.17, 15) is 4.79 Å². The molecule has 1 aromatic heterocycles. The van der Waals surface area contributed by atoms with Gasteiger partial charge < -0.3 is 19.4 Å². The number of rotatable bonds is 10. The Morgan fingerprint density at radius 3 is 2.29 bits per heavy atom. The van der Waals surface area contributed by atoms with Gasteiger partial charge in [-0.1, -0.05) is 60.7 Å². The third-order valence-corrected chi connectivity index (χ3v) is 6.50. The molecule has 0 saturated carbocycles. The van der Waals surface area contributed by atoms with Gasteiger partial charge in [0.2, 0.25) is 0 Å². The highest BCUT2D eigenvalue weighted by molar-refractivity contribution is 5.97. The molecule has 4 aromatic carbocycles. The van der Waals surface area contributed by atoms with E-state index in [2.05, 4.69) is 22.0 Å². The van der Waals surface area contributed by atoms with Gasteiger partial charge in [-0.15, -0.1) is 0 Å². The van der Waals surface area contributed by atoms with Crippen LogP contribution in [0.3, 0.4) is 0 Å². The Hall–Kier alpha value is -4.58. The maximum absolute atomic E-state index is 12.9. The summed E-state index contributed by atoms with van der Waals surface area (Å²) in [6.07, 6.45) is 0.482. The molecule has 1 atom stereocenters. The van der Waals surface area contributed by atoms with Crippen LogP contribution in [-0.2, 0) is 13.0 Å². The first-order valence-electron chi connectivity index (χ1n) is 12.8. The van der Waals surface area contributed by atoms with Crippen molar-refractivity contribution in [3.63, 3.8) is 0 Å². The largest absolute Gasteiger partial charge is 0.497 e. The van der Waals surface area contributed by atoms with Gasteiger partial charge >= 0.3 is 0 Å². The number of carbonyl (C=O) groups is 1. The second kappa shape index (κ2) is 11.6. The summed E-state index contributed by atoms with van der Waals surface area (Å²) in [5.41, 5.74) is 4.59. The lowest BCUT2D eigenvalue weighted by Crippen LogP contribution is -2.25. The number of imidazole rings is 1. The minimum atomic E-state index is -0.300. The Morgan fingerprint density at radius 1 is 0.868 bits per heavy atom. The molecule has 0 spiro atoms. The Bertz CT molecular complexity index is 1500. The Balaban J connectivity index is 1.41. The summed E-state index contributed by atoms with van der Waals surface area (Å²) >= 11 is 0. The smallest absolute Gasteiger partial charge is 0.251 e. The molecule has 0 fully saturated rings. The van der Waals surface area contributed by atoms with Gasteiger partial charge in [0.25, 0.3) is 5.91 Å². The van der Waals surface area contributed by atoms with Crippen LogP contribution >= 0.6 is 0 Å². The van der Waals surface area contributed by atoms with Crippen molar-refractivity contribution in [2.45, 2.75) is 26.0 Å². The normalized spacial score (nSPS) is 11.7. The van der Waals surface area contributed by atoms with E-state index in [-0.39, 0.29) is 12.0 Å². The summed E-state index contributed by atoms with van der Waals surface area (Å²) in [7, 11) is 1.66. The van der Waals surface area contributed by atoms with Crippen molar-refractivity contribution < 1.29 is 14.3 Å². The SMILES string of the molecule is COc1ccc(Cn2c(C(C)Oc3ccccc3)nc3cc(C(=O)NCCc4ccccc4)ccc32)cc1. The van der Waals surface area contributed by atoms with Crippen molar-refractivity contribution in [1.82, 2.24) is 14.9 Å². The lowest BCUT2D eigenvalue weighted by atomic mass is 10.1. The lowest BCUT2D eigenvalue weighted by Gasteiger charge is -2.17. The van der Waals surface area contributed by atoms with E-state index in [0.717, 1.165) is 40.3 Å². The molecule has 5 aromatic rings. The van der Waals surface area contributed by atoms with Gasteiger partial charge in [0.1, 0.15) is 11.5 Å². The van der Waals surface area contributed by atoms with E-state index in [4.69, 9.17) is 14.5 Å². The Kier molecular flexibility index (Phi) is 7.69. The molecule has 0 bridgehead atoms. The molecular formula is C32H31N3O3. The van der Waals surface area contributed by atoms with Crippen LogP contribution in [0, 0.1) is 0 Å². The summed E-state index contributed by atoms with van der Waals surface area (Å²) in [5.74, 6) is 2.28. The van der Waals surface area contributed by atoms with Crippen LogP contribution in [0.1, 0.15) is 40.3 Å². The third kappa shape index (κ3) is 5.86. The first-order chi connectivity index (χ1) is 18.6. The zero-order chi connectivity index (χ0) is 26.3. The molecule has 1 unspecified atom stereocenters. The van der Waals surface area contributed by atoms with Crippen molar-refractivity contribution in [1.29, 1.82) is 0 Å². The van der Waals surface area contributed by atoms with Crippen LogP contribution in [0.2, 0.25) is 0 Å². The summed E-state index contributed by atoms with van der Waals surface area (Å²) in [6, 6.07) is 33.6. The van der Waals surface area contributed by atoms with Crippen molar-refractivity contribution in [2.75, 3.05) is 13.7 Å². The fraction of sp³-hybridized carbons (Fsp3) is 0.188. The number of hydrogen-bond donors (Lipinski definition) is 1. The van der Waals surface area contributed by atoms with E-state index in [1.165, 1.54) is 5.56 Å². The molecule has 0 radical (unpaired) electrons. The lowest BCUT2D eigenvalue weighted by molar-refractivity contribution is 0.0954. The molecule has 1 N–H and O–H groups in total. The summed E-state index contributed by atoms with van der Waals surface area (Å²) < 4.78 is 13.7. The fourth-order valence-electron chi connectivity index (χ4n) is 4.50. The Labute approximate surface area is 222 Å². The van der Waals surface area contributed by atoms with Gasteiger partial charge in [0, 0.05) is 18.7 Å². The highest BCUT2D eigenvalue weighted by Gasteiger charge is 2.20. The number of nitrogens with one attached hydrogen (secondary N) is 1. The van der Waals surface area contributed by atoms with Crippen LogP contribution < -0.4 is 14.8 Å². The molecular weight excluding hydrogens is 474 g/mol. The average Bonchev–Trinajstić information content (AvgIpc) is 3.32. The molecule has 0 aliphatic carbocycles. The zero-order valence-electron chi connectivity index (χ0n) is 21.6. The highest BCUT2D eigenvalue weighted by Crippen LogP contribution is 2.27. The van der Waals surface area contributed by atoms with Crippen LogP contribution in [-0.4, -0.2) is 29.1 Å². The first kappa shape index (κ1) is 25.1.